The molecule has 21 heavy (non-hydrogen) atoms. The van der Waals surface area contributed by atoms with Crippen LogP contribution in [0.3, 0.4) is 0 Å². The first-order chi connectivity index (χ1) is 10.1. The normalized spacial score (nSPS) is 29.5. The van der Waals surface area contributed by atoms with Crippen LogP contribution in [0.5, 0.6) is 0 Å². The van der Waals surface area contributed by atoms with Crippen molar-refractivity contribution in [1.29, 1.82) is 5.26 Å². The number of hydrogen-bond acceptors (Lipinski definition) is 4. The van der Waals surface area contributed by atoms with Crippen LogP contribution in [-0.4, -0.2) is 24.1 Å². The van der Waals surface area contributed by atoms with Gasteiger partial charge in [-0.2, -0.15) is 5.26 Å². The van der Waals surface area contributed by atoms with E-state index < -0.39 is 18.0 Å². The maximum absolute atomic E-state index is 9.12. The van der Waals surface area contributed by atoms with Crippen LogP contribution in [0.1, 0.15) is 12.5 Å². The van der Waals surface area contributed by atoms with Crippen molar-refractivity contribution in [3.63, 3.8) is 0 Å². The van der Waals surface area contributed by atoms with Crippen molar-refractivity contribution in [3.8, 4) is 6.07 Å². The van der Waals surface area contributed by atoms with E-state index in [0.29, 0.717) is 6.61 Å². The van der Waals surface area contributed by atoms with Crippen LogP contribution in [0.15, 0.2) is 55.6 Å². The Balaban J connectivity index is 2.05. The fourth-order valence-electron chi connectivity index (χ4n) is 2.23. The van der Waals surface area contributed by atoms with Crippen LogP contribution in [0, 0.1) is 11.3 Å². The molecule has 0 spiro atoms. The molecule has 1 fully saturated rings. The van der Waals surface area contributed by atoms with Crippen molar-refractivity contribution in [2.24, 2.45) is 0 Å². The van der Waals surface area contributed by atoms with Crippen molar-refractivity contribution >= 4 is 0 Å². The predicted molar refractivity (Wildman–Crippen MR) is 79.2 cm³/mol. The summed E-state index contributed by atoms with van der Waals surface area (Å²) in [5.41, 5.74) is 1.06. The maximum atomic E-state index is 9.12. The van der Waals surface area contributed by atoms with Gasteiger partial charge in [-0.1, -0.05) is 42.5 Å². The smallest absolute Gasteiger partial charge is 0.257 e. The van der Waals surface area contributed by atoms with Gasteiger partial charge in [0.2, 0.25) is 0 Å². The van der Waals surface area contributed by atoms with Gasteiger partial charge in [0.05, 0.1) is 6.61 Å². The van der Waals surface area contributed by atoms with Gasteiger partial charge in [-0.05, 0) is 5.56 Å². The minimum absolute atomic E-state index is 0.386. The molecule has 110 valence electrons. The van der Waals surface area contributed by atoms with E-state index in [0.717, 1.165) is 5.56 Å². The van der Waals surface area contributed by atoms with E-state index in [1.165, 1.54) is 0 Å². The highest BCUT2D eigenvalue weighted by molar-refractivity contribution is 5.14. The SMILES string of the molecule is C=C[C@@H]1O[C@@](C)(C#N)O[C@@H]1[C@@H](C=C)OCc1ccccc1. The highest BCUT2D eigenvalue weighted by Gasteiger charge is 2.46. The van der Waals surface area contributed by atoms with Crippen LogP contribution < -0.4 is 0 Å². The first kappa shape index (κ1) is 15.5. The lowest BCUT2D eigenvalue weighted by Crippen LogP contribution is -2.35. The molecule has 0 aromatic heterocycles. The zero-order valence-electron chi connectivity index (χ0n) is 12.1. The molecule has 1 aliphatic heterocycles. The summed E-state index contributed by atoms with van der Waals surface area (Å²) in [5.74, 6) is -1.28. The Bertz CT molecular complexity index is 537. The van der Waals surface area contributed by atoms with E-state index in [2.05, 4.69) is 13.2 Å². The van der Waals surface area contributed by atoms with Crippen molar-refractivity contribution in [1.82, 2.24) is 0 Å². The molecule has 0 aliphatic carbocycles. The minimum atomic E-state index is -1.28. The van der Waals surface area contributed by atoms with E-state index >= 15 is 0 Å². The van der Waals surface area contributed by atoms with Gasteiger partial charge in [0.25, 0.3) is 5.79 Å². The molecule has 4 heteroatoms. The second-order valence-corrected chi connectivity index (χ2v) is 4.96. The largest absolute Gasteiger partial charge is 0.367 e. The molecular weight excluding hydrogens is 266 g/mol. The lowest BCUT2D eigenvalue weighted by Gasteiger charge is -2.22. The van der Waals surface area contributed by atoms with Crippen molar-refractivity contribution in [3.05, 3.63) is 61.2 Å². The van der Waals surface area contributed by atoms with Gasteiger partial charge in [0, 0.05) is 6.92 Å². The molecule has 0 bridgehead atoms. The Morgan fingerprint density at radius 3 is 2.67 bits per heavy atom. The highest BCUT2D eigenvalue weighted by atomic mass is 16.8. The maximum Gasteiger partial charge on any atom is 0.257 e. The van der Waals surface area contributed by atoms with Crippen molar-refractivity contribution in [2.45, 2.75) is 37.6 Å². The van der Waals surface area contributed by atoms with E-state index in [1.807, 2.05) is 36.4 Å². The number of rotatable bonds is 6. The number of benzene rings is 1. The fourth-order valence-corrected chi connectivity index (χ4v) is 2.23. The average molecular weight is 285 g/mol. The topological polar surface area (TPSA) is 51.5 Å². The number of nitrogens with zero attached hydrogens (tertiary/aromatic N) is 1. The van der Waals surface area contributed by atoms with Gasteiger partial charge < -0.3 is 14.2 Å². The van der Waals surface area contributed by atoms with Crippen LogP contribution in [0.4, 0.5) is 0 Å². The number of hydrogen-bond donors (Lipinski definition) is 0. The molecule has 4 atom stereocenters. The molecule has 1 saturated heterocycles. The third-order valence-electron chi connectivity index (χ3n) is 3.32. The first-order valence-electron chi connectivity index (χ1n) is 6.79. The summed E-state index contributed by atoms with van der Waals surface area (Å²) in [5, 5.41) is 9.12. The van der Waals surface area contributed by atoms with E-state index in [4.69, 9.17) is 19.5 Å². The van der Waals surface area contributed by atoms with Gasteiger partial charge >= 0.3 is 0 Å². The van der Waals surface area contributed by atoms with Gasteiger partial charge in [0.1, 0.15) is 24.4 Å². The molecule has 0 saturated carbocycles. The Kier molecular flexibility index (Phi) is 4.92. The van der Waals surface area contributed by atoms with Crippen LogP contribution >= 0.6 is 0 Å². The van der Waals surface area contributed by atoms with E-state index in [-0.39, 0.29) is 6.10 Å². The summed E-state index contributed by atoms with van der Waals surface area (Å²) in [7, 11) is 0. The lowest BCUT2D eigenvalue weighted by atomic mass is 10.1. The molecule has 1 aromatic rings. The quantitative estimate of drug-likeness (QED) is 0.754. The first-order valence-corrected chi connectivity index (χ1v) is 6.79. The second kappa shape index (κ2) is 6.68. The van der Waals surface area contributed by atoms with Gasteiger partial charge in [-0.15, -0.1) is 13.2 Å². The molecule has 0 radical (unpaired) electrons. The minimum Gasteiger partial charge on any atom is -0.367 e. The lowest BCUT2D eigenvalue weighted by molar-refractivity contribution is -0.127. The average Bonchev–Trinajstić information content (AvgIpc) is 2.87. The standard InChI is InChI=1S/C17H19NO3/c1-4-14(19-11-13-9-7-6-8-10-13)16-15(5-2)20-17(3,12-18)21-16/h4-10,14-16H,1-2,11H2,3H3/t14-,15+,16-,17-/m1/s1. The van der Waals surface area contributed by atoms with Gasteiger partial charge in [0.15, 0.2) is 0 Å². The van der Waals surface area contributed by atoms with Crippen LogP contribution in [-0.2, 0) is 20.8 Å². The molecular formula is C17H19NO3. The van der Waals surface area contributed by atoms with Crippen molar-refractivity contribution in [2.75, 3.05) is 0 Å². The Labute approximate surface area is 125 Å². The summed E-state index contributed by atoms with van der Waals surface area (Å²) in [4.78, 5) is 0. The molecule has 1 aromatic carbocycles. The second-order valence-electron chi connectivity index (χ2n) is 4.96. The molecule has 1 heterocycles. The summed E-state index contributed by atoms with van der Waals surface area (Å²) in [6.07, 6.45) is 2.05. The molecule has 0 unspecified atom stereocenters. The fraction of sp³-hybridized carbons (Fsp3) is 0.353. The molecule has 1 aliphatic rings. The van der Waals surface area contributed by atoms with Crippen LogP contribution in [0.2, 0.25) is 0 Å². The van der Waals surface area contributed by atoms with Gasteiger partial charge in [-0.3, -0.25) is 0 Å². The van der Waals surface area contributed by atoms with Crippen molar-refractivity contribution < 1.29 is 14.2 Å². The predicted octanol–water partition coefficient (Wildman–Crippen LogP) is 2.97. The van der Waals surface area contributed by atoms with E-state index in [9.17, 15) is 0 Å². The third-order valence-corrected chi connectivity index (χ3v) is 3.32. The monoisotopic (exact) mass is 285 g/mol. The van der Waals surface area contributed by atoms with Gasteiger partial charge in [-0.25, -0.2) is 0 Å². The molecule has 2 rings (SSSR count). The Morgan fingerprint density at radius 1 is 1.38 bits per heavy atom. The summed E-state index contributed by atoms with van der Waals surface area (Å²) in [6.45, 7) is 9.53. The third kappa shape index (κ3) is 3.59. The summed E-state index contributed by atoms with van der Waals surface area (Å²) >= 11 is 0. The van der Waals surface area contributed by atoms with Crippen LogP contribution in [0.25, 0.3) is 0 Å². The number of nitriles is 1. The molecule has 4 nitrogen and oxygen atoms in total. The molecule has 0 amide bonds. The zero-order chi connectivity index (χ0) is 15.3. The highest BCUT2D eigenvalue weighted by Crippen LogP contribution is 2.32. The zero-order valence-corrected chi connectivity index (χ0v) is 12.1. The Hall–Kier alpha value is -1.93. The number of ether oxygens (including phenoxy) is 3. The Morgan fingerprint density at radius 2 is 2.10 bits per heavy atom. The summed E-state index contributed by atoms with van der Waals surface area (Å²) in [6, 6.07) is 11.8. The molecule has 0 N–H and O–H groups in total. The van der Waals surface area contributed by atoms with E-state index in [1.54, 1.807) is 19.1 Å². The summed E-state index contributed by atoms with van der Waals surface area (Å²) < 4.78 is 17.1.